The summed E-state index contributed by atoms with van der Waals surface area (Å²) in [5.41, 5.74) is 8.06. The molecule has 0 heterocycles. The molecular formula is C14H17F2N3S. The van der Waals surface area contributed by atoms with Crippen LogP contribution in [0, 0.1) is 25.2 Å². The number of alkyl halides is 2. The molecule has 1 aromatic rings. The van der Waals surface area contributed by atoms with Crippen molar-refractivity contribution in [2.45, 2.75) is 38.0 Å². The number of hydrogen-bond donors (Lipinski definition) is 1. The second kappa shape index (κ2) is 6.71. The Morgan fingerprint density at radius 3 is 2.60 bits per heavy atom. The lowest BCUT2D eigenvalue weighted by Gasteiger charge is -2.13. The lowest BCUT2D eigenvalue weighted by molar-refractivity contribution is 0.0492. The van der Waals surface area contributed by atoms with Crippen LogP contribution in [0.1, 0.15) is 24.5 Å². The SMILES string of the molecule is Cc1cc(C)c(SCC(C)(F)F)cc1/N=C(\N)CC#N. The Labute approximate surface area is 121 Å². The van der Waals surface area contributed by atoms with Crippen molar-refractivity contribution in [2.75, 3.05) is 5.75 Å². The Hall–Kier alpha value is -1.61. The molecule has 0 saturated heterocycles. The third-order valence-corrected chi connectivity index (χ3v) is 3.90. The summed E-state index contributed by atoms with van der Waals surface area (Å²) in [6.45, 7) is 4.64. The van der Waals surface area contributed by atoms with E-state index in [1.807, 2.05) is 26.0 Å². The maximum Gasteiger partial charge on any atom is 0.254 e. The largest absolute Gasteiger partial charge is 0.386 e. The molecule has 0 aliphatic carbocycles. The average Bonchev–Trinajstić information content (AvgIpc) is 2.30. The molecule has 0 amide bonds. The molecule has 1 aromatic carbocycles. The molecule has 0 aliphatic heterocycles. The van der Waals surface area contributed by atoms with Gasteiger partial charge in [-0.2, -0.15) is 5.26 Å². The first-order chi connectivity index (χ1) is 9.23. The minimum Gasteiger partial charge on any atom is -0.386 e. The van der Waals surface area contributed by atoms with Crippen LogP contribution in [-0.2, 0) is 0 Å². The van der Waals surface area contributed by atoms with Crippen molar-refractivity contribution in [3.8, 4) is 6.07 Å². The molecule has 0 spiro atoms. The van der Waals surface area contributed by atoms with Crippen molar-refractivity contribution in [2.24, 2.45) is 10.7 Å². The molecule has 3 nitrogen and oxygen atoms in total. The van der Waals surface area contributed by atoms with Crippen LogP contribution >= 0.6 is 11.8 Å². The Balaban J connectivity index is 3.04. The Kier molecular flexibility index (Phi) is 5.52. The number of halogens is 2. The van der Waals surface area contributed by atoms with E-state index in [2.05, 4.69) is 4.99 Å². The Bertz CT molecular complexity index is 557. The van der Waals surface area contributed by atoms with E-state index >= 15 is 0 Å². The van der Waals surface area contributed by atoms with Gasteiger partial charge in [0.15, 0.2) is 0 Å². The van der Waals surface area contributed by atoms with Gasteiger partial charge in [-0.25, -0.2) is 13.8 Å². The van der Waals surface area contributed by atoms with Gasteiger partial charge in [0.1, 0.15) is 5.84 Å². The molecule has 0 radical (unpaired) electrons. The summed E-state index contributed by atoms with van der Waals surface area (Å²) in [7, 11) is 0. The predicted molar refractivity (Wildman–Crippen MR) is 78.8 cm³/mol. The van der Waals surface area contributed by atoms with Crippen LogP contribution in [0.4, 0.5) is 14.5 Å². The lowest BCUT2D eigenvalue weighted by Crippen LogP contribution is -2.13. The van der Waals surface area contributed by atoms with Gasteiger partial charge in [0.05, 0.1) is 23.9 Å². The number of nitriles is 1. The smallest absolute Gasteiger partial charge is 0.254 e. The topological polar surface area (TPSA) is 62.2 Å². The molecule has 0 saturated carbocycles. The number of hydrogen-bond acceptors (Lipinski definition) is 3. The van der Waals surface area contributed by atoms with E-state index < -0.39 is 5.92 Å². The fourth-order valence-corrected chi connectivity index (χ4v) is 2.47. The van der Waals surface area contributed by atoms with Crippen molar-refractivity contribution in [1.82, 2.24) is 0 Å². The van der Waals surface area contributed by atoms with E-state index in [-0.39, 0.29) is 18.0 Å². The van der Waals surface area contributed by atoms with Crippen LogP contribution in [0.5, 0.6) is 0 Å². The van der Waals surface area contributed by atoms with E-state index in [0.717, 1.165) is 34.7 Å². The zero-order valence-corrected chi connectivity index (χ0v) is 12.5. The summed E-state index contributed by atoms with van der Waals surface area (Å²) in [6.07, 6.45) is 0.0445. The van der Waals surface area contributed by atoms with Crippen molar-refractivity contribution in [1.29, 1.82) is 5.26 Å². The minimum absolute atomic E-state index is 0.0445. The van der Waals surface area contributed by atoms with E-state index in [9.17, 15) is 8.78 Å². The van der Waals surface area contributed by atoms with Crippen molar-refractivity contribution < 1.29 is 8.78 Å². The number of rotatable bonds is 5. The second-order valence-corrected chi connectivity index (χ2v) is 5.72. The number of aryl methyl sites for hydroxylation is 2. The van der Waals surface area contributed by atoms with Crippen LogP contribution < -0.4 is 5.73 Å². The van der Waals surface area contributed by atoms with Gasteiger partial charge in [0.2, 0.25) is 0 Å². The summed E-state index contributed by atoms with van der Waals surface area (Å²) < 4.78 is 25.9. The number of thioether (sulfide) groups is 1. The fraction of sp³-hybridized carbons (Fsp3) is 0.429. The molecule has 0 aromatic heterocycles. The zero-order chi connectivity index (χ0) is 15.3. The molecule has 0 bridgehead atoms. The quantitative estimate of drug-likeness (QED) is 0.508. The summed E-state index contributed by atoms with van der Waals surface area (Å²) >= 11 is 1.09. The lowest BCUT2D eigenvalue weighted by atomic mass is 10.1. The summed E-state index contributed by atoms with van der Waals surface area (Å²) in [4.78, 5) is 4.92. The number of nitrogens with two attached hydrogens (primary N) is 1. The average molecular weight is 297 g/mol. The van der Waals surface area contributed by atoms with Gasteiger partial charge in [-0.15, -0.1) is 11.8 Å². The minimum atomic E-state index is -2.72. The maximum atomic E-state index is 12.9. The first-order valence-corrected chi connectivity index (χ1v) is 7.03. The van der Waals surface area contributed by atoms with E-state index in [4.69, 9.17) is 11.0 Å². The van der Waals surface area contributed by atoms with E-state index in [1.54, 1.807) is 6.07 Å². The molecule has 1 rings (SSSR count). The third-order valence-electron chi connectivity index (χ3n) is 2.50. The van der Waals surface area contributed by atoms with Gasteiger partial charge < -0.3 is 5.73 Å². The highest BCUT2D eigenvalue weighted by atomic mass is 32.2. The van der Waals surface area contributed by atoms with Gasteiger partial charge in [0.25, 0.3) is 5.92 Å². The number of amidine groups is 1. The van der Waals surface area contributed by atoms with Gasteiger partial charge in [-0.3, -0.25) is 0 Å². The van der Waals surface area contributed by atoms with E-state index in [1.165, 1.54) is 0 Å². The van der Waals surface area contributed by atoms with Crippen molar-refractivity contribution in [3.05, 3.63) is 23.3 Å². The highest BCUT2D eigenvalue weighted by Crippen LogP contribution is 2.33. The number of aliphatic imine (C=N–C) groups is 1. The fourth-order valence-electron chi connectivity index (χ4n) is 1.58. The van der Waals surface area contributed by atoms with Gasteiger partial charge in [0, 0.05) is 11.8 Å². The monoisotopic (exact) mass is 297 g/mol. The molecule has 6 heteroatoms. The molecule has 0 aliphatic rings. The highest BCUT2D eigenvalue weighted by Gasteiger charge is 2.21. The second-order valence-electron chi connectivity index (χ2n) is 4.70. The standard InChI is InChI=1S/C14H17F2N3S/c1-9-6-10(2)12(20-8-14(3,15)16)7-11(9)19-13(18)4-5-17/h6-7H,4,8H2,1-3H3,(H2,18,19). The van der Waals surface area contributed by atoms with Gasteiger partial charge >= 0.3 is 0 Å². The van der Waals surface area contributed by atoms with Crippen LogP contribution in [0.2, 0.25) is 0 Å². The third kappa shape index (κ3) is 5.17. The van der Waals surface area contributed by atoms with Crippen LogP contribution in [0.3, 0.4) is 0 Å². The predicted octanol–water partition coefficient (Wildman–Crippen LogP) is 3.95. The highest BCUT2D eigenvalue weighted by molar-refractivity contribution is 7.99. The van der Waals surface area contributed by atoms with Crippen molar-refractivity contribution in [3.63, 3.8) is 0 Å². The maximum absolute atomic E-state index is 12.9. The molecule has 0 atom stereocenters. The van der Waals surface area contributed by atoms with Gasteiger partial charge in [-0.1, -0.05) is 6.07 Å². The van der Waals surface area contributed by atoms with Crippen LogP contribution in [0.25, 0.3) is 0 Å². The molecule has 2 N–H and O–H groups in total. The molecule has 0 fully saturated rings. The Morgan fingerprint density at radius 1 is 1.40 bits per heavy atom. The van der Waals surface area contributed by atoms with Crippen LogP contribution in [-0.4, -0.2) is 17.5 Å². The molecular weight excluding hydrogens is 280 g/mol. The number of nitrogens with zero attached hydrogens (tertiary/aromatic N) is 2. The first kappa shape index (κ1) is 16.4. The van der Waals surface area contributed by atoms with E-state index in [0.29, 0.717) is 5.69 Å². The van der Waals surface area contributed by atoms with Crippen molar-refractivity contribution >= 4 is 23.3 Å². The summed E-state index contributed by atoms with van der Waals surface area (Å²) in [5.74, 6) is -2.78. The normalized spacial score (nSPS) is 12.3. The van der Waals surface area contributed by atoms with Crippen LogP contribution in [0.15, 0.2) is 22.0 Å². The molecule has 0 unspecified atom stereocenters. The summed E-state index contributed by atoms with van der Waals surface area (Å²) in [5, 5.41) is 8.56. The molecule has 108 valence electrons. The first-order valence-electron chi connectivity index (χ1n) is 6.05. The molecule has 20 heavy (non-hydrogen) atoms. The Morgan fingerprint density at radius 2 is 2.05 bits per heavy atom. The zero-order valence-electron chi connectivity index (χ0n) is 11.7. The number of benzene rings is 1. The van der Waals surface area contributed by atoms with Gasteiger partial charge in [-0.05, 0) is 31.0 Å². The summed E-state index contributed by atoms with van der Waals surface area (Å²) in [6, 6.07) is 5.54.